The Labute approximate surface area is 131 Å². The van der Waals surface area contributed by atoms with E-state index in [0.29, 0.717) is 29.8 Å². The van der Waals surface area contributed by atoms with E-state index in [9.17, 15) is 9.18 Å². The Balaban J connectivity index is 1.98. The maximum absolute atomic E-state index is 13.5. The molecular formula is C16H15BrFNO2. The topological polar surface area (TPSA) is 38.3 Å². The largest absolute Gasteiger partial charge is 0.496 e. The number of benzene rings is 2. The molecule has 3 nitrogen and oxygen atoms in total. The third-order valence-electron chi connectivity index (χ3n) is 3.05. The Morgan fingerprint density at radius 2 is 2.05 bits per heavy atom. The second-order valence-electron chi connectivity index (χ2n) is 4.44. The van der Waals surface area contributed by atoms with Gasteiger partial charge in [-0.2, -0.15) is 0 Å². The molecule has 0 aliphatic carbocycles. The average molecular weight is 352 g/mol. The molecule has 2 aromatic rings. The highest BCUT2D eigenvalue weighted by atomic mass is 79.9. The number of carbonyl (C=O) groups is 1. The van der Waals surface area contributed by atoms with E-state index in [1.54, 1.807) is 36.4 Å². The fourth-order valence-electron chi connectivity index (χ4n) is 1.96. The summed E-state index contributed by atoms with van der Waals surface area (Å²) in [6.45, 7) is 0.360. The summed E-state index contributed by atoms with van der Waals surface area (Å²) in [4.78, 5) is 12.1. The van der Waals surface area contributed by atoms with Crippen LogP contribution in [0.25, 0.3) is 0 Å². The van der Waals surface area contributed by atoms with E-state index in [2.05, 4.69) is 21.2 Å². The fraction of sp³-hybridized carbons (Fsp3) is 0.188. The Morgan fingerprint density at radius 1 is 1.29 bits per heavy atom. The number of hydrogen-bond acceptors (Lipinski definition) is 2. The van der Waals surface area contributed by atoms with Crippen LogP contribution in [0.2, 0.25) is 0 Å². The van der Waals surface area contributed by atoms with Gasteiger partial charge in [0.1, 0.15) is 11.6 Å². The van der Waals surface area contributed by atoms with Gasteiger partial charge in [-0.25, -0.2) is 4.39 Å². The fourth-order valence-corrected chi connectivity index (χ4v) is 2.30. The zero-order valence-electron chi connectivity index (χ0n) is 11.5. The normalized spacial score (nSPS) is 10.2. The zero-order valence-corrected chi connectivity index (χ0v) is 13.1. The first kappa shape index (κ1) is 15.5. The third-order valence-corrected chi connectivity index (χ3v) is 3.54. The van der Waals surface area contributed by atoms with Crippen molar-refractivity contribution < 1.29 is 13.9 Å². The van der Waals surface area contributed by atoms with Crippen LogP contribution in [0.3, 0.4) is 0 Å². The van der Waals surface area contributed by atoms with Gasteiger partial charge < -0.3 is 10.1 Å². The summed E-state index contributed by atoms with van der Waals surface area (Å²) in [5.41, 5.74) is 1.04. The molecule has 1 N–H and O–H groups in total. The van der Waals surface area contributed by atoms with E-state index in [1.807, 2.05) is 0 Å². The number of carbonyl (C=O) groups excluding carboxylic acids is 1. The summed E-state index contributed by atoms with van der Waals surface area (Å²) in [6, 6.07) is 11.7. The first-order valence-electron chi connectivity index (χ1n) is 6.47. The van der Waals surface area contributed by atoms with Crippen LogP contribution in [0.5, 0.6) is 5.75 Å². The highest BCUT2D eigenvalue weighted by Crippen LogP contribution is 2.23. The molecule has 5 heteroatoms. The first-order valence-corrected chi connectivity index (χ1v) is 7.26. The van der Waals surface area contributed by atoms with E-state index in [1.165, 1.54) is 13.2 Å². The molecule has 0 aromatic heterocycles. The van der Waals surface area contributed by atoms with Gasteiger partial charge in [-0.05, 0) is 36.2 Å². The Kier molecular flexibility index (Phi) is 5.33. The summed E-state index contributed by atoms with van der Waals surface area (Å²) in [6.07, 6.45) is 0.442. The smallest absolute Gasteiger partial charge is 0.255 e. The van der Waals surface area contributed by atoms with Crippen molar-refractivity contribution in [1.82, 2.24) is 5.32 Å². The quantitative estimate of drug-likeness (QED) is 0.894. The Morgan fingerprint density at radius 3 is 2.76 bits per heavy atom. The van der Waals surface area contributed by atoms with Gasteiger partial charge in [0, 0.05) is 11.0 Å². The molecular weight excluding hydrogens is 337 g/mol. The van der Waals surface area contributed by atoms with Crippen LogP contribution in [0.15, 0.2) is 46.9 Å². The summed E-state index contributed by atoms with van der Waals surface area (Å²) >= 11 is 3.32. The van der Waals surface area contributed by atoms with Crippen LogP contribution in [-0.4, -0.2) is 19.6 Å². The third kappa shape index (κ3) is 4.04. The van der Waals surface area contributed by atoms with E-state index in [4.69, 9.17) is 4.74 Å². The van der Waals surface area contributed by atoms with Gasteiger partial charge in [-0.1, -0.05) is 34.1 Å². The first-order chi connectivity index (χ1) is 10.1. The van der Waals surface area contributed by atoms with Gasteiger partial charge in [-0.3, -0.25) is 4.79 Å². The van der Waals surface area contributed by atoms with Gasteiger partial charge in [0.15, 0.2) is 0 Å². The molecule has 0 heterocycles. The molecule has 0 spiro atoms. The zero-order chi connectivity index (χ0) is 15.2. The molecule has 0 atom stereocenters. The molecule has 0 aliphatic heterocycles. The molecule has 21 heavy (non-hydrogen) atoms. The standard InChI is InChI=1S/C16H15BrFNO2/c1-21-15-10-12(17)6-7-13(15)16(20)19-9-8-11-4-2-3-5-14(11)18/h2-7,10H,8-9H2,1H3,(H,19,20). The lowest BCUT2D eigenvalue weighted by Crippen LogP contribution is -2.26. The van der Waals surface area contributed by atoms with E-state index in [0.717, 1.165) is 4.47 Å². The van der Waals surface area contributed by atoms with Gasteiger partial charge in [0.05, 0.1) is 12.7 Å². The average Bonchev–Trinajstić information content (AvgIpc) is 2.48. The van der Waals surface area contributed by atoms with Crippen molar-refractivity contribution in [3.05, 3.63) is 63.9 Å². The molecule has 0 aliphatic rings. The summed E-state index contributed by atoms with van der Waals surface area (Å²) in [7, 11) is 1.51. The Hall–Kier alpha value is -1.88. The van der Waals surface area contributed by atoms with E-state index in [-0.39, 0.29) is 11.7 Å². The predicted molar refractivity (Wildman–Crippen MR) is 83.1 cm³/mol. The van der Waals surface area contributed by atoms with Gasteiger partial charge >= 0.3 is 0 Å². The summed E-state index contributed by atoms with van der Waals surface area (Å²) in [5, 5.41) is 2.77. The monoisotopic (exact) mass is 351 g/mol. The maximum atomic E-state index is 13.5. The van der Waals surface area contributed by atoms with Gasteiger partial charge in [0.25, 0.3) is 5.91 Å². The molecule has 2 aromatic carbocycles. The van der Waals surface area contributed by atoms with Gasteiger partial charge in [0.2, 0.25) is 0 Å². The molecule has 0 radical (unpaired) electrons. The highest BCUT2D eigenvalue weighted by molar-refractivity contribution is 9.10. The van der Waals surface area contributed by atoms with E-state index >= 15 is 0 Å². The number of ether oxygens (including phenoxy) is 1. The van der Waals surface area contributed by atoms with Crippen molar-refractivity contribution >= 4 is 21.8 Å². The van der Waals surface area contributed by atoms with Crippen LogP contribution in [-0.2, 0) is 6.42 Å². The minimum atomic E-state index is -0.257. The molecule has 2 rings (SSSR count). The Bertz CT molecular complexity index is 646. The number of hydrogen-bond donors (Lipinski definition) is 1. The molecule has 0 unspecified atom stereocenters. The highest BCUT2D eigenvalue weighted by Gasteiger charge is 2.12. The number of nitrogens with one attached hydrogen (secondary N) is 1. The number of amides is 1. The lowest BCUT2D eigenvalue weighted by molar-refractivity contribution is 0.0951. The minimum absolute atomic E-state index is 0.240. The van der Waals surface area contributed by atoms with Crippen LogP contribution in [0.1, 0.15) is 15.9 Å². The second kappa shape index (κ2) is 7.22. The van der Waals surface area contributed by atoms with Crippen LogP contribution < -0.4 is 10.1 Å². The van der Waals surface area contributed by atoms with Crippen molar-refractivity contribution in [2.75, 3.05) is 13.7 Å². The molecule has 0 saturated heterocycles. The summed E-state index contributed by atoms with van der Waals surface area (Å²) < 4.78 is 19.5. The summed E-state index contributed by atoms with van der Waals surface area (Å²) in [5.74, 6) is -0.00331. The molecule has 1 amide bonds. The minimum Gasteiger partial charge on any atom is -0.496 e. The van der Waals surface area contributed by atoms with Crippen molar-refractivity contribution in [2.24, 2.45) is 0 Å². The maximum Gasteiger partial charge on any atom is 0.255 e. The van der Waals surface area contributed by atoms with Crippen molar-refractivity contribution in [2.45, 2.75) is 6.42 Å². The van der Waals surface area contributed by atoms with Crippen molar-refractivity contribution in [1.29, 1.82) is 0 Å². The second-order valence-corrected chi connectivity index (χ2v) is 5.36. The van der Waals surface area contributed by atoms with Crippen LogP contribution in [0, 0.1) is 5.82 Å². The van der Waals surface area contributed by atoms with E-state index < -0.39 is 0 Å². The van der Waals surface area contributed by atoms with Crippen molar-refractivity contribution in [3.63, 3.8) is 0 Å². The molecule has 0 fully saturated rings. The molecule has 110 valence electrons. The lowest BCUT2D eigenvalue weighted by atomic mass is 10.1. The predicted octanol–water partition coefficient (Wildman–Crippen LogP) is 3.57. The molecule has 0 saturated carbocycles. The van der Waals surface area contributed by atoms with Crippen molar-refractivity contribution in [3.8, 4) is 5.75 Å². The number of rotatable bonds is 5. The number of methoxy groups -OCH3 is 1. The number of halogens is 2. The van der Waals surface area contributed by atoms with Crippen LogP contribution >= 0.6 is 15.9 Å². The lowest BCUT2D eigenvalue weighted by Gasteiger charge is -2.10. The molecule has 0 bridgehead atoms. The van der Waals surface area contributed by atoms with Gasteiger partial charge in [-0.15, -0.1) is 0 Å². The van der Waals surface area contributed by atoms with Crippen LogP contribution in [0.4, 0.5) is 4.39 Å². The SMILES string of the molecule is COc1cc(Br)ccc1C(=O)NCCc1ccccc1F.